The lowest BCUT2D eigenvalue weighted by Crippen LogP contribution is -2.40. The Hall–Kier alpha value is -0.570. The molecule has 1 aliphatic rings. The van der Waals surface area contributed by atoms with E-state index < -0.39 is 0 Å². The molecular formula is C13H26N2O. The summed E-state index contributed by atoms with van der Waals surface area (Å²) in [5.74, 6) is 0.220. The fourth-order valence-electron chi connectivity index (χ4n) is 2.55. The number of hydrogen-bond donors (Lipinski definition) is 2. The van der Waals surface area contributed by atoms with Crippen LogP contribution in [0, 0.1) is 5.41 Å². The summed E-state index contributed by atoms with van der Waals surface area (Å²) in [6.07, 6.45) is 6.40. The monoisotopic (exact) mass is 226 g/mol. The van der Waals surface area contributed by atoms with Crippen LogP contribution in [-0.4, -0.2) is 25.5 Å². The van der Waals surface area contributed by atoms with Crippen molar-refractivity contribution < 1.29 is 4.79 Å². The van der Waals surface area contributed by atoms with Gasteiger partial charge in [0.1, 0.15) is 0 Å². The van der Waals surface area contributed by atoms with E-state index >= 15 is 0 Å². The molecule has 1 fully saturated rings. The Morgan fingerprint density at radius 3 is 2.81 bits per heavy atom. The lowest BCUT2D eigenvalue weighted by molar-refractivity contribution is -0.122. The Morgan fingerprint density at radius 2 is 2.19 bits per heavy atom. The van der Waals surface area contributed by atoms with Gasteiger partial charge in [0.2, 0.25) is 5.91 Å². The van der Waals surface area contributed by atoms with E-state index in [1.54, 1.807) is 0 Å². The van der Waals surface area contributed by atoms with Gasteiger partial charge >= 0.3 is 0 Å². The molecule has 0 spiro atoms. The van der Waals surface area contributed by atoms with E-state index in [9.17, 15) is 4.79 Å². The standard InChI is InChI=1S/C13H26N2O/c1-13(2)8-4-6-11(10-13)15-12(16)7-5-9-14-3/h11,14H,4-10H2,1-3H3,(H,15,16). The van der Waals surface area contributed by atoms with Crippen molar-refractivity contribution in [3.05, 3.63) is 0 Å². The van der Waals surface area contributed by atoms with Crippen molar-refractivity contribution in [2.75, 3.05) is 13.6 Å². The molecule has 1 amide bonds. The summed E-state index contributed by atoms with van der Waals surface area (Å²) in [7, 11) is 1.92. The molecule has 1 aliphatic carbocycles. The molecule has 3 nitrogen and oxygen atoms in total. The van der Waals surface area contributed by atoms with Crippen LogP contribution < -0.4 is 10.6 Å². The first-order chi connectivity index (χ1) is 7.53. The van der Waals surface area contributed by atoms with Crippen molar-refractivity contribution in [2.24, 2.45) is 5.41 Å². The van der Waals surface area contributed by atoms with E-state index in [1.165, 1.54) is 12.8 Å². The van der Waals surface area contributed by atoms with Gasteiger partial charge in [-0.1, -0.05) is 20.3 Å². The molecule has 0 aliphatic heterocycles. The highest BCUT2D eigenvalue weighted by Gasteiger charge is 2.28. The van der Waals surface area contributed by atoms with Crippen molar-refractivity contribution >= 4 is 5.91 Å². The number of carbonyl (C=O) groups is 1. The van der Waals surface area contributed by atoms with Gasteiger partial charge in [0.15, 0.2) is 0 Å². The third kappa shape index (κ3) is 4.97. The van der Waals surface area contributed by atoms with E-state index in [2.05, 4.69) is 24.5 Å². The van der Waals surface area contributed by atoms with Crippen LogP contribution in [0.4, 0.5) is 0 Å². The summed E-state index contributed by atoms with van der Waals surface area (Å²) in [5, 5.41) is 6.23. The minimum atomic E-state index is 0.220. The molecular weight excluding hydrogens is 200 g/mol. The molecule has 1 rings (SSSR count). The first kappa shape index (κ1) is 13.5. The van der Waals surface area contributed by atoms with Gasteiger partial charge in [0.25, 0.3) is 0 Å². The third-order valence-corrected chi connectivity index (χ3v) is 3.40. The first-order valence-corrected chi connectivity index (χ1v) is 6.47. The SMILES string of the molecule is CNCCCC(=O)NC1CCCC(C)(C)C1. The topological polar surface area (TPSA) is 41.1 Å². The van der Waals surface area contributed by atoms with Crippen LogP contribution in [-0.2, 0) is 4.79 Å². The molecule has 0 radical (unpaired) electrons. The number of amides is 1. The zero-order valence-electron chi connectivity index (χ0n) is 10.9. The van der Waals surface area contributed by atoms with Crippen LogP contribution in [0.25, 0.3) is 0 Å². The normalized spacial score (nSPS) is 24.1. The maximum Gasteiger partial charge on any atom is 0.220 e. The van der Waals surface area contributed by atoms with Crippen molar-refractivity contribution in [1.82, 2.24) is 10.6 Å². The molecule has 1 saturated carbocycles. The molecule has 0 bridgehead atoms. The van der Waals surface area contributed by atoms with Gasteiger partial charge in [-0.15, -0.1) is 0 Å². The van der Waals surface area contributed by atoms with Gasteiger partial charge in [-0.2, -0.15) is 0 Å². The summed E-state index contributed by atoms with van der Waals surface area (Å²) in [6, 6.07) is 0.408. The number of rotatable bonds is 5. The summed E-state index contributed by atoms with van der Waals surface area (Å²) >= 11 is 0. The van der Waals surface area contributed by atoms with Crippen LogP contribution in [0.5, 0.6) is 0 Å². The maximum absolute atomic E-state index is 11.7. The lowest BCUT2D eigenvalue weighted by Gasteiger charge is -2.35. The summed E-state index contributed by atoms with van der Waals surface area (Å²) in [5.41, 5.74) is 0.404. The Labute approximate surface area is 99.4 Å². The average molecular weight is 226 g/mol. The zero-order chi connectivity index (χ0) is 12.0. The molecule has 1 atom stereocenters. The van der Waals surface area contributed by atoms with Crippen LogP contribution in [0.1, 0.15) is 52.4 Å². The van der Waals surface area contributed by atoms with Crippen LogP contribution >= 0.6 is 0 Å². The van der Waals surface area contributed by atoms with E-state index in [0.29, 0.717) is 17.9 Å². The number of nitrogens with one attached hydrogen (secondary N) is 2. The molecule has 0 aromatic carbocycles. The van der Waals surface area contributed by atoms with Crippen molar-refractivity contribution in [2.45, 2.75) is 58.4 Å². The largest absolute Gasteiger partial charge is 0.353 e. The molecule has 0 heterocycles. The quantitative estimate of drug-likeness (QED) is 0.705. The minimum Gasteiger partial charge on any atom is -0.353 e. The molecule has 0 aromatic rings. The second-order valence-corrected chi connectivity index (χ2v) is 5.73. The predicted octanol–water partition coefficient (Wildman–Crippen LogP) is 2.07. The van der Waals surface area contributed by atoms with Gasteiger partial charge in [-0.25, -0.2) is 0 Å². The smallest absolute Gasteiger partial charge is 0.220 e. The molecule has 1 unspecified atom stereocenters. The van der Waals surface area contributed by atoms with Gasteiger partial charge in [0.05, 0.1) is 0 Å². The van der Waals surface area contributed by atoms with E-state index in [4.69, 9.17) is 0 Å². The summed E-state index contributed by atoms with van der Waals surface area (Å²) in [6.45, 7) is 5.52. The molecule has 2 N–H and O–H groups in total. The van der Waals surface area contributed by atoms with Crippen molar-refractivity contribution in [3.63, 3.8) is 0 Å². The predicted molar refractivity (Wildman–Crippen MR) is 67.3 cm³/mol. The van der Waals surface area contributed by atoms with Crippen molar-refractivity contribution in [3.8, 4) is 0 Å². The number of carbonyl (C=O) groups excluding carboxylic acids is 1. The third-order valence-electron chi connectivity index (χ3n) is 3.40. The van der Waals surface area contributed by atoms with Gasteiger partial charge in [-0.3, -0.25) is 4.79 Å². The van der Waals surface area contributed by atoms with Crippen LogP contribution in [0.15, 0.2) is 0 Å². The zero-order valence-corrected chi connectivity index (χ0v) is 10.9. The van der Waals surface area contributed by atoms with Gasteiger partial charge < -0.3 is 10.6 Å². The van der Waals surface area contributed by atoms with Crippen molar-refractivity contribution in [1.29, 1.82) is 0 Å². The summed E-state index contributed by atoms with van der Waals surface area (Å²) < 4.78 is 0. The fourth-order valence-corrected chi connectivity index (χ4v) is 2.55. The summed E-state index contributed by atoms with van der Waals surface area (Å²) in [4.78, 5) is 11.7. The molecule has 16 heavy (non-hydrogen) atoms. The highest BCUT2D eigenvalue weighted by Crippen LogP contribution is 2.35. The van der Waals surface area contributed by atoms with Crippen LogP contribution in [0.3, 0.4) is 0 Å². The molecule has 0 aromatic heterocycles. The Kier molecular flexibility index (Phi) is 5.26. The Morgan fingerprint density at radius 1 is 1.44 bits per heavy atom. The van der Waals surface area contributed by atoms with Crippen LogP contribution in [0.2, 0.25) is 0 Å². The average Bonchev–Trinajstić information content (AvgIpc) is 2.16. The van der Waals surface area contributed by atoms with E-state index in [0.717, 1.165) is 25.8 Å². The van der Waals surface area contributed by atoms with E-state index in [1.807, 2.05) is 7.05 Å². The number of hydrogen-bond acceptors (Lipinski definition) is 2. The minimum absolute atomic E-state index is 0.220. The van der Waals surface area contributed by atoms with E-state index in [-0.39, 0.29) is 5.91 Å². The molecule has 3 heteroatoms. The Bertz CT molecular complexity index is 226. The molecule has 94 valence electrons. The van der Waals surface area contributed by atoms with Gasteiger partial charge in [0, 0.05) is 12.5 Å². The Balaban J connectivity index is 2.23. The lowest BCUT2D eigenvalue weighted by atomic mass is 9.75. The second kappa shape index (κ2) is 6.24. The molecule has 0 saturated heterocycles. The second-order valence-electron chi connectivity index (χ2n) is 5.73. The highest BCUT2D eigenvalue weighted by atomic mass is 16.1. The maximum atomic E-state index is 11.7. The first-order valence-electron chi connectivity index (χ1n) is 6.47. The highest BCUT2D eigenvalue weighted by molar-refractivity contribution is 5.76. The fraction of sp³-hybridized carbons (Fsp3) is 0.923. The van der Waals surface area contributed by atoms with Gasteiger partial charge in [-0.05, 0) is 44.7 Å².